The summed E-state index contributed by atoms with van der Waals surface area (Å²) in [4.78, 5) is 0. The largest absolute Gasteiger partial charge is 0.372 e. The molecule has 0 bridgehead atoms. The van der Waals surface area contributed by atoms with Gasteiger partial charge in [0.2, 0.25) is 0 Å². The number of ether oxygens (including phenoxy) is 1. The molecule has 104 valence electrons. The number of hydrogen-bond acceptors (Lipinski definition) is 2. The summed E-state index contributed by atoms with van der Waals surface area (Å²) in [6, 6.07) is 13.0. The molecule has 0 amide bonds. The zero-order valence-electron chi connectivity index (χ0n) is 11.5. The van der Waals surface area contributed by atoms with Gasteiger partial charge in [0.1, 0.15) is 5.82 Å². The Morgan fingerprint density at radius 1 is 1.20 bits per heavy atom. The van der Waals surface area contributed by atoms with Gasteiger partial charge in [-0.05, 0) is 47.9 Å². The van der Waals surface area contributed by atoms with Crippen LogP contribution in [0.2, 0.25) is 0 Å². The van der Waals surface area contributed by atoms with Gasteiger partial charge in [-0.2, -0.15) is 0 Å². The third-order valence-electron chi connectivity index (χ3n) is 3.77. The molecule has 0 saturated heterocycles. The summed E-state index contributed by atoms with van der Waals surface area (Å²) in [7, 11) is 1.93. The van der Waals surface area contributed by atoms with Gasteiger partial charge in [0.25, 0.3) is 0 Å². The summed E-state index contributed by atoms with van der Waals surface area (Å²) in [6.07, 6.45) is 1.01. The molecule has 0 aliphatic carbocycles. The molecule has 1 aliphatic heterocycles. The molecule has 1 atom stereocenters. The van der Waals surface area contributed by atoms with Gasteiger partial charge >= 0.3 is 0 Å². The van der Waals surface area contributed by atoms with Crippen molar-refractivity contribution in [1.82, 2.24) is 5.32 Å². The molecule has 3 heteroatoms. The van der Waals surface area contributed by atoms with E-state index in [9.17, 15) is 4.39 Å². The van der Waals surface area contributed by atoms with Crippen LogP contribution in [-0.2, 0) is 11.2 Å². The van der Waals surface area contributed by atoms with Gasteiger partial charge in [-0.25, -0.2) is 4.39 Å². The summed E-state index contributed by atoms with van der Waals surface area (Å²) in [6.45, 7) is 1.54. The van der Waals surface area contributed by atoms with Crippen LogP contribution in [0, 0.1) is 5.82 Å². The van der Waals surface area contributed by atoms with Crippen molar-refractivity contribution in [1.29, 1.82) is 0 Å². The van der Waals surface area contributed by atoms with Crippen LogP contribution in [0.15, 0.2) is 42.5 Å². The minimum atomic E-state index is -0.199. The molecule has 0 unspecified atom stereocenters. The molecule has 0 radical (unpaired) electrons. The standard InChI is InChI=1S/C17H18FNO/c1-19-11-17-16-4-2-3-14(15(16)9-10-20-17)12-5-7-13(18)8-6-12/h2-8,17,19H,9-11H2,1H3/t17-/m1/s1. The fourth-order valence-electron chi connectivity index (χ4n) is 2.83. The number of nitrogens with one attached hydrogen (secondary N) is 1. The second kappa shape index (κ2) is 5.73. The first-order valence-electron chi connectivity index (χ1n) is 6.93. The van der Waals surface area contributed by atoms with Gasteiger partial charge in [0, 0.05) is 6.54 Å². The number of halogens is 1. The smallest absolute Gasteiger partial charge is 0.123 e. The Hall–Kier alpha value is -1.71. The maximum absolute atomic E-state index is 13.1. The lowest BCUT2D eigenvalue weighted by Crippen LogP contribution is -2.25. The van der Waals surface area contributed by atoms with Crippen molar-refractivity contribution in [3.05, 3.63) is 59.4 Å². The minimum Gasteiger partial charge on any atom is -0.372 e. The minimum absolute atomic E-state index is 0.101. The Morgan fingerprint density at radius 3 is 2.75 bits per heavy atom. The highest BCUT2D eigenvalue weighted by Crippen LogP contribution is 2.34. The number of rotatable bonds is 3. The van der Waals surface area contributed by atoms with Crippen molar-refractivity contribution < 1.29 is 9.13 Å². The lowest BCUT2D eigenvalue weighted by molar-refractivity contribution is 0.0440. The molecule has 3 rings (SSSR count). The van der Waals surface area contributed by atoms with Gasteiger partial charge in [-0.1, -0.05) is 30.3 Å². The summed E-state index contributed by atoms with van der Waals surface area (Å²) in [5, 5.41) is 3.17. The highest BCUT2D eigenvalue weighted by atomic mass is 19.1. The zero-order valence-corrected chi connectivity index (χ0v) is 11.5. The first-order chi connectivity index (χ1) is 9.79. The number of fused-ring (bicyclic) bond motifs is 1. The van der Waals surface area contributed by atoms with Crippen molar-refractivity contribution in [2.75, 3.05) is 20.2 Å². The summed E-state index contributed by atoms with van der Waals surface area (Å²) < 4.78 is 18.9. The molecule has 1 N–H and O–H groups in total. The van der Waals surface area contributed by atoms with E-state index in [1.54, 1.807) is 0 Å². The number of likely N-dealkylation sites (N-methyl/N-ethyl adjacent to an activating group) is 1. The summed E-state index contributed by atoms with van der Waals surface area (Å²) in [5.74, 6) is -0.199. The fourth-order valence-corrected chi connectivity index (χ4v) is 2.83. The predicted molar refractivity (Wildman–Crippen MR) is 78.2 cm³/mol. The Labute approximate surface area is 118 Å². The molecule has 2 aromatic rings. The third-order valence-corrected chi connectivity index (χ3v) is 3.77. The number of benzene rings is 2. The molecular weight excluding hydrogens is 253 g/mol. The molecule has 2 nitrogen and oxygen atoms in total. The van der Waals surface area contributed by atoms with E-state index in [0.717, 1.165) is 25.1 Å². The Morgan fingerprint density at radius 2 is 2.00 bits per heavy atom. The first-order valence-corrected chi connectivity index (χ1v) is 6.93. The molecule has 1 heterocycles. The average molecular weight is 271 g/mol. The Bertz CT molecular complexity index is 594. The van der Waals surface area contributed by atoms with Gasteiger partial charge in [-0.15, -0.1) is 0 Å². The van der Waals surface area contributed by atoms with E-state index in [4.69, 9.17) is 4.74 Å². The van der Waals surface area contributed by atoms with Gasteiger partial charge in [0.15, 0.2) is 0 Å². The second-order valence-corrected chi connectivity index (χ2v) is 5.05. The van der Waals surface area contributed by atoms with Crippen LogP contribution in [0.3, 0.4) is 0 Å². The first kappa shape index (κ1) is 13.3. The average Bonchev–Trinajstić information content (AvgIpc) is 2.48. The number of hydrogen-bond donors (Lipinski definition) is 1. The molecule has 1 aliphatic rings. The van der Waals surface area contributed by atoms with E-state index in [1.807, 2.05) is 19.2 Å². The Balaban J connectivity index is 2.05. The van der Waals surface area contributed by atoms with Crippen LogP contribution in [0.4, 0.5) is 4.39 Å². The van der Waals surface area contributed by atoms with Crippen LogP contribution >= 0.6 is 0 Å². The van der Waals surface area contributed by atoms with Crippen molar-refractivity contribution in [3.8, 4) is 11.1 Å². The normalized spacial score (nSPS) is 17.8. The van der Waals surface area contributed by atoms with Gasteiger partial charge in [-0.3, -0.25) is 0 Å². The molecule has 0 saturated carbocycles. The maximum Gasteiger partial charge on any atom is 0.123 e. The molecule has 0 aromatic heterocycles. The molecule has 2 aromatic carbocycles. The van der Waals surface area contributed by atoms with Crippen molar-refractivity contribution in [2.24, 2.45) is 0 Å². The van der Waals surface area contributed by atoms with Crippen molar-refractivity contribution in [3.63, 3.8) is 0 Å². The fraction of sp³-hybridized carbons (Fsp3) is 0.294. The van der Waals surface area contributed by atoms with E-state index in [2.05, 4.69) is 23.5 Å². The molecule has 0 spiro atoms. The highest BCUT2D eigenvalue weighted by Gasteiger charge is 2.22. The SMILES string of the molecule is CNC[C@H]1OCCc2c(-c3ccc(F)cc3)cccc21. The van der Waals surface area contributed by atoms with E-state index in [0.29, 0.717) is 0 Å². The Kier molecular flexibility index (Phi) is 3.81. The van der Waals surface area contributed by atoms with E-state index < -0.39 is 0 Å². The zero-order chi connectivity index (χ0) is 13.9. The van der Waals surface area contributed by atoms with Gasteiger partial charge in [0.05, 0.1) is 12.7 Å². The van der Waals surface area contributed by atoms with Crippen molar-refractivity contribution >= 4 is 0 Å². The van der Waals surface area contributed by atoms with Gasteiger partial charge < -0.3 is 10.1 Å². The van der Waals surface area contributed by atoms with Crippen LogP contribution < -0.4 is 5.32 Å². The molecule has 0 fully saturated rings. The van der Waals surface area contributed by atoms with Crippen molar-refractivity contribution in [2.45, 2.75) is 12.5 Å². The monoisotopic (exact) mass is 271 g/mol. The topological polar surface area (TPSA) is 21.3 Å². The quantitative estimate of drug-likeness (QED) is 0.924. The lowest BCUT2D eigenvalue weighted by Gasteiger charge is -2.28. The maximum atomic E-state index is 13.1. The second-order valence-electron chi connectivity index (χ2n) is 5.05. The lowest BCUT2D eigenvalue weighted by atomic mass is 9.89. The van der Waals surface area contributed by atoms with Crippen LogP contribution in [0.1, 0.15) is 17.2 Å². The summed E-state index contributed by atoms with van der Waals surface area (Å²) >= 11 is 0. The van der Waals surface area contributed by atoms with E-state index >= 15 is 0 Å². The van der Waals surface area contributed by atoms with Crippen LogP contribution in [0.5, 0.6) is 0 Å². The van der Waals surface area contributed by atoms with E-state index in [1.165, 1.54) is 28.8 Å². The van der Waals surface area contributed by atoms with Crippen LogP contribution in [-0.4, -0.2) is 20.2 Å². The third kappa shape index (κ3) is 2.47. The predicted octanol–water partition coefficient (Wildman–Crippen LogP) is 3.33. The summed E-state index contributed by atoms with van der Waals surface area (Å²) in [5.41, 5.74) is 4.82. The highest BCUT2D eigenvalue weighted by molar-refractivity contribution is 5.69. The van der Waals surface area contributed by atoms with Crippen LogP contribution in [0.25, 0.3) is 11.1 Å². The molecular formula is C17H18FNO. The van der Waals surface area contributed by atoms with E-state index in [-0.39, 0.29) is 11.9 Å². The molecule has 20 heavy (non-hydrogen) atoms.